The molecule has 0 saturated heterocycles. The van der Waals surface area contributed by atoms with Crippen molar-refractivity contribution in [2.45, 2.75) is 219 Å². The Morgan fingerprint density at radius 2 is 0.672 bits per heavy atom. The van der Waals surface area contributed by atoms with Gasteiger partial charge < -0.3 is 14.2 Å². The molecule has 0 aromatic heterocycles. The second-order valence-electron chi connectivity index (χ2n) is 16.0. The van der Waals surface area contributed by atoms with Crippen LogP contribution in [0.5, 0.6) is 0 Å². The zero-order valence-corrected chi connectivity index (χ0v) is 39.4. The highest BCUT2D eigenvalue weighted by Crippen LogP contribution is 2.12. The van der Waals surface area contributed by atoms with Crippen molar-refractivity contribution in [2.24, 2.45) is 0 Å². The summed E-state index contributed by atoms with van der Waals surface area (Å²) in [4.78, 5) is 37.9. The predicted molar refractivity (Wildman–Crippen MR) is 260 cm³/mol. The molecule has 0 rings (SSSR count). The smallest absolute Gasteiger partial charge is 0.306 e. The molecule has 0 aliphatic heterocycles. The van der Waals surface area contributed by atoms with Crippen molar-refractivity contribution in [1.29, 1.82) is 0 Å². The Labute approximate surface area is 375 Å². The molecule has 0 heterocycles. The standard InChI is InChI=1S/C55H90O6/c1-4-7-10-13-16-19-22-25-27-28-31-33-36-39-42-45-48-54(57)60-51-52(50-59-53(56)47-44-41-38-35-32-29-24-21-18-15-12-9-6-3)61-55(58)49-46-43-40-37-34-30-26-23-20-17-14-11-8-5-2/h7-8,10-11,16-17,19-20,25-27,29-30,32,38,41,52H,4-6,9,12-15,18,21-24,28,31,33-37,39-40,42-51H2,1-3H3/b10-7+,11-8+,19-16+,20-17+,27-25+,30-26+,32-29+,41-38+. The summed E-state index contributed by atoms with van der Waals surface area (Å²) in [5, 5.41) is 0. The van der Waals surface area contributed by atoms with Gasteiger partial charge >= 0.3 is 17.9 Å². The van der Waals surface area contributed by atoms with Gasteiger partial charge in [-0.3, -0.25) is 14.4 Å². The van der Waals surface area contributed by atoms with E-state index < -0.39 is 6.10 Å². The molecule has 1 atom stereocenters. The van der Waals surface area contributed by atoms with E-state index in [9.17, 15) is 14.4 Å². The molecule has 6 nitrogen and oxygen atoms in total. The topological polar surface area (TPSA) is 78.9 Å². The average Bonchev–Trinajstić information content (AvgIpc) is 3.26. The van der Waals surface area contributed by atoms with E-state index in [0.29, 0.717) is 12.8 Å². The first kappa shape index (κ1) is 57.3. The SMILES string of the molecule is CC/C=C/C/C=C/C/C=C/CCCCCCCCC(=O)OCC(COC(=O)CC/C=C/C/C=C/CCCCCCCC)OC(=O)CCCCCC/C=C/C/C=C/C/C=C/CC. The van der Waals surface area contributed by atoms with Gasteiger partial charge in [-0.25, -0.2) is 0 Å². The summed E-state index contributed by atoms with van der Waals surface area (Å²) in [6.07, 6.45) is 64.0. The summed E-state index contributed by atoms with van der Waals surface area (Å²) in [6.45, 7) is 6.30. The van der Waals surface area contributed by atoms with Crippen molar-refractivity contribution < 1.29 is 28.6 Å². The van der Waals surface area contributed by atoms with E-state index in [0.717, 1.165) is 116 Å². The third-order valence-electron chi connectivity index (χ3n) is 10.1. The summed E-state index contributed by atoms with van der Waals surface area (Å²) in [7, 11) is 0. The minimum absolute atomic E-state index is 0.112. The van der Waals surface area contributed by atoms with Crippen LogP contribution in [-0.4, -0.2) is 37.2 Å². The number of allylic oxidation sites excluding steroid dienone is 16. The third-order valence-corrected chi connectivity index (χ3v) is 10.1. The van der Waals surface area contributed by atoms with Gasteiger partial charge in [-0.05, 0) is 103 Å². The maximum atomic E-state index is 12.8. The molecule has 1 unspecified atom stereocenters. The highest BCUT2D eigenvalue weighted by atomic mass is 16.6. The molecule has 0 saturated carbocycles. The molecule has 61 heavy (non-hydrogen) atoms. The van der Waals surface area contributed by atoms with Gasteiger partial charge in [-0.15, -0.1) is 0 Å². The fraction of sp³-hybridized carbons (Fsp3) is 0.655. The Bertz CT molecular complexity index is 1250. The Morgan fingerprint density at radius 3 is 1.10 bits per heavy atom. The zero-order valence-electron chi connectivity index (χ0n) is 39.4. The van der Waals surface area contributed by atoms with Crippen molar-refractivity contribution in [3.8, 4) is 0 Å². The van der Waals surface area contributed by atoms with Crippen LogP contribution in [0.25, 0.3) is 0 Å². The van der Waals surface area contributed by atoms with Gasteiger partial charge in [0.05, 0.1) is 0 Å². The van der Waals surface area contributed by atoms with E-state index in [2.05, 4.69) is 112 Å². The molecular formula is C55H90O6. The Hall–Kier alpha value is -3.67. The Balaban J connectivity index is 4.51. The second kappa shape index (κ2) is 49.0. The van der Waals surface area contributed by atoms with Gasteiger partial charge in [0.2, 0.25) is 0 Å². The zero-order chi connectivity index (χ0) is 44.4. The first-order chi connectivity index (χ1) is 30.0. The molecule has 0 aromatic rings. The van der Waals surface area contributed by atoms with Crippen LogP contribution in [0.3, 0.4) is 0 Å². The molecule has 346 valence electrons. The molecule has 0 amide bonds. The maximum absolute atomic E-state index is 12.8. The number of hydrogen-bond donors (Lipinski definition) is 0. The molecule has 0 radical (unpaired) electrons. The van der Waals surface area contributed by atoms with Crippen LogP contribution >= 0.6 is 0 Å². The van der Waals surface area contributed by atoms with Crippen molar-refractivity contribution in [3.05, 3.63) is 97.2 Å². The van der Waals surface area contributed by atoms with Crippen molar-refractivity contribution in [2.75, 3.05) is 13.2 Å². The predicted octanol–water partition coefficient (Wildman–Crippen LogP) is 16.2. The lowest BCUT2D eigenvalue weighted by molar-refractivity contribution is -0.166. The summed E-state index contributed by atoms with van der Waals surface area (Å²) >= 11 is 0. The number of ether oxygens (including phenoxy) is 3. The summed E-state index contributed by atoms with van der Waals surface area (Å²) < 4.78 is 16.7. The minimum Gasteiger partial charge on any atom is -0.462 e. The molecule has 6 heteroatoms. The van der Waals surface area contributed by atoms with Crippen LogP contribution in [0, 0.1) is 0 Å². The normalized spacial score (nSPS) is 12.9. The summed E-state index contributed by atoms with van der Waals surface area (Å²) in [5.41, 5.74) is 0. The molecular weight excluding hydrogens is 757 g/mol. The quantitative estimate of drug-likeness (QED) is 0.0263. The molecule has 0 fully saturated rings. The number of esters is 3. The van der Waals surface area contributed by atoms with Gasteiger partial charge in [0.15, 0.2) is 6.10 Å². The lowest BCUT2D eigenvalue weighted by Gasteiger charge is -2.18. The first-order valence-electron chi connectivity index (χ1n) is 24.7. The maximum Gasteiger partial charge on any atom is 0.306 e. The lowest BCUT2D eigenvalue weighted by Crippen LogP contribution is -2.30. The number of carbonyl (C=O) groups is 3. The highest BCUT2D eigenvalue weighted by Gasteiger charge is 2.19. The third kappa shape index (κ3) is 47.2. The van der Waals surface area contributed by atoms with Crippen molar-refractivity contribution in [3.63, 3.8) is 0 Å². The largest absolute Gasteiger partial charge is 0.462 e. The van der Waals surface area contributed by atoms with Gasteiger partial charge in [-0.1, -0.05) is 189 Å². The van der Waals surface area contributed by atoms with Crippen molar-refractivity contribution >= 4 is 17.9 Å². The fourth-order valence-electron chi connectivity index (χ4n) is 6.40. The van der Waals surface area contributed by atoms with E-state index in [1.165, 1.54) is 51.4 Å². The fourth-order valence-corrected chi connectivity index (χ4v) is 6.40. The van der Waals surface area contributed by atoms with E-state index in [-0.39, 0.29) is 44.0 Å². The molecule has 0 aromatic carbocycles. The summed E-state index contributed by atoms with van der Waals surface area (Å²) in [6, 6.07) is 0. The van der Waals surface area contributed by atoms with Gasteiger partial charge in [0.25, 0.3) is 0 Å². The molecule has 0 N–H and O–H groups in total. The van der Waals surface area contributed by atoms with E-state index >= 15 is 0 Å². The second-order valence-corrected chi connectivity index (χ2v) is 16.0. The van der Waals surface area contributed by atoms with Crippen LogP contribution in [-0.2, 0) is 28.6 Å². The van der Waals surface area contributed by atoms with Crippen LogP contribution in [0.2, 0.25) is 0 Å². The van der Waals surface area contributed by atoms with E-state index in [1.54, 1.807) is 0 Å². The number of rotatable bonds is 43. The minimum atomic E-state index is -0.817. The number of unbranched alkanes of at least 4 members (excludes halogenated alkanes) is 16. The summed E-state index contributed by atoms with van der Waals surface area (Å²) in [5.74, 6) is -1.02. The monoisotopic (exact) mass is 847 g/mol. The average molecular weight is 847 g/mol. The van der Waals surface area contributed by atoms with Crippen molar-refractivity contribution in [1.82, 2.24) is 0 Å². The molecule has 0 aliphatic carbocycles. The van der Waals surface area contributed by atoms with Crippen LogP contribution in [0.15, 0.2) is 97.2 Å². The van der Waals surface area contributed by atoms with Gasteiger partial charge in [0, 0.05) is 19.3 Å². The molecule has 0 aliphatic rings. The molecule has 0 bridgehead atoms. The van der Waals surface area contributed by atoms with Crippen LogP contribution in [0.4, 0.5) is 0 Å². The molecule has 0 spiro atoms. The van der Waals surface area contributed by atoms with Crippen LogP contribution in [0.1, 0.15) is 213 Å². The van der Waals surface area contributed by atoms with Crippen LogP contribution < -0.4 is 0 Å². The Kier molecular flexibility index (Phi) is 46.0. The lowest BCUT2D eigenvalue weighted by atomic mass is 10.1. The van der Waals surface area contributed by atoms with E-state index in [1.807, 2.05) is 6.08 Å². The van der Waals surface area contributed by atoms with E-state index in [4.69, 9.17) is 14.2 Å². The van der Waals surface area contributed by atoms with Gasteiger partial charge in [0.1, 0.15) is 13.2 Å². The highest BCUT2D eigenvalue weighted by molar-refractivity contribution is 5.71. The number of hydrogen-bond acceptors (Lipinski definition) is 6. The number of carbonyl (C=O) groups excluding carboxylic acids is 3. The first-order valence-corrected chi connectivity index (χ1v) is 24.7. The van der Waals surface area contributed by atoms with Gasteiger partial charge in [-0.2, -0.15) is 0 Å². The Morgan fingerprint density at radius 1 is 0.344 bits per heavy atom.